The number of likely N-dealkylation sites (tertiary alicyclic amines) is 1. The number of benzene rings is 1. The third kappa shape index (κ3) is 4.75. The Morgan fingerprint density at radius 2 is 1.93 bits per heavy atom. The lowest BCUT2D eigenvalue weighted by molar-refractivity contribution is 0.172. The predicted molar refractivity (Wildman–Crippen MR) is 116 cm³/mol. The normalized spacial score (nSPS) is 14.4. The lowest BCUT2D eigenvalue weighted by Gasteiger charge is -2.31. The van der Waals surface area contributed by atoms with E-state index >= 15 is 0 Å². The monoisotopic (exact) mass is 429 g/mol. The maximum Gasteiger partial charge on any atom is 0.280 e. The Bertz CT molecular complexity index is 1080. The minimum Gasteiger partial charge on any atom is -0.379 e. The molecule has 0 saturated carbocycles. The summed E-state index contributed by atoms with van der Waals surface area (Å²) in [5.41, 5.74) is 5.57. The summed E-state index contributed by atoms with van der Waals surface area (Å²) in [6.07, 6.45) is 1.28. The summed E-state index contributed by atoms with van der Waals surface area (Å²) >= 11 is 1.32. The van der Waals surface area contributed by atoms with Gasteiger partial charge in [0.2, 0.25) is 0 Å². The van der Waals surface area contributed by atoms with Gasteiger partial charge in [-0.05, 0) is 49.7 Å². The zero-order valence-electron chi connectivity index (χ0n) is 16.1. The standard InChI is InChI=1S/C20H23N5O2S2/c1-15-18(7-8-20(23-15)29(26,27)24-19-13-28-14-22-19)21-11-16-5-2-3-6-17(16)12-25-9-4-10-25/h2-3,5-8,13-14,21,24H,4,9-12H2,1H3. The Labute approximate surface area is 174 Å². The van der Waals surface area contributed by atoms with Gasteiger partial charge in [0.1, 0.15) is 0 Å². The quantitative estimate of drug-likeness (QED) is 0.570. The van der Waals surface area contributed by atoms with Crippen LogP contribution < -0.4 is 10.0 Å². The molecule has 1 aliphatic rings. The maximum absolute atomic E-state index is 12.5. The van der Waals surface area contributed by atoms with Gasteiger partial charge in [-0.2, -0.15) is 8.42 Å². The molecule has 29 heavy (non-hydrogen) atoms. The lowest BCUT2D eigenvalue weighted by Crippen LogP contribution is -2.36. The molecule has 1 saturated heterocycles. The van der Waals surface area contributed by atoms with Crippen LogP contribution in [0.1, 0.15) is 23.2 Å². The van der Waals surface area contributed by atoms with Crippen LogP contribution in [0.3, 0.4) is 0 Å². The molecule has 0 spiro atoms. The molecular formula is C20H23N5O2S2. The minimum absolute atomic E-state index is 0.0215. The summed E-state index contributed by atoms with van der Waals surface area (Å²) < 4.78 is 27.4. The molecule has 0 radical (unpaired) electrons. The van der Waals surface area contributed by atoms with Crippen LogP contribution >= 0.6 is 11.3 Å². The van der Waals surface area contributed by atoms with Crippen LogP contribution in [-0.2, 0) is 23.1 Å². The topological polar surface area (TPSA) is 87.2 Å². The van der Waals surface area contributed by atoms with Crippen LogP contribution in [-0.4, -0.2) is 36.4 Å². The SMILES string of the molecule is Cc1nc(S(=O)(=O)Nc2cscn2)ccc1NCc1ccccc1CN1CCC1. The zero-order valence-corrected chi connectivity index (χ0v) is 17.8. The molecule has 0 bridgehead atoms. The number of pyridine rings is 1. The molecule has 1 fully saturated rings. The number of nitrogens with zero attached hydrogens (tertiary/aromatic N) is 3. The maximum atomic E-state index is 12.5. The van der Waals surface area contributed by atoms with Crippen molar-refractivity contribution < 1.29 is 8.42 Å². The zero-order chi connectivity index (χ0) is 20.3. The number of sulfonamides is 1. The summed E-state index contributed by atoms with van der Waals surface area (Å²) in [7, 11) is -3.76. The molecule has 0 atom stereocenters. The van der Waals surface area contributed by atoms with Gasteiger partial charge >= 0.3 is 0 Å². The Kier molecular flexibility index (Phi) is 5.79. The fraction of sp³-hybridized carbons (Fsp3) is 0.300. The number of aromatic nitrogens is 2. The van der Waals surface area contributed by atoms with Crippen molar-refractivity contribution in [2.24, 2.45) is 0 Å². The van der Waals surface area contributed by atoms with E-state index in [4.69, 9.17) is 0 Å². The molecule has 7 nitrogen and oxygen atoms in total. The number of thiazole rings is 1. The van der Waals surface area contributed by atoms with Crippen LogP contribution in [0.25, 0.3) is 0 Å². The van der Waals surface area contributed by atoms with E-state index in [2.05, 4.69) is 43.1 Å². The molecule has 3 heterocycles. The molecule has 4 rings (SSSR count). The van der Waals surface area contributed by atoms with E-state index in [1.807, 2.05) is 6.07 Å². The van der Waals surface area contributed by atoms with E-state index in [0.29, 0.717) is 18.1 Å². The van der Waals surface area contributed by atoms with Crippen LogP contribution in [0.15, 0.2) is 52.3 Å². The third-order valence-electron chi connectivity index (χ3n) is 4.94. The average Bonchev–Trinajstić information content (AvgIpc) is 3.16. The summed E-state index contributed by atoms with van der Waals surface area (Å²) in [5, 5.41) is 5.01. The first kappa shape index (κ1) is 19.8. The molecule has 1 aromatic carbocycles. The van der Waals surface area contributed by atoms with E-state index in [9.17, 15) is 8.42 Å². The number of hydrogen-bond acceptors (Lipinski definition) is 7. The summed E-state index contributed by atoms with van der Waals surface area (Å²) in [4.78, 5) is 10.7. The summed E-state index contributed by atoms with van der Waals surface area (Å²) in [5.74, 6) is 0.301. The van der Waals surface area contributed by atoms with E-state index in [-0.39, 0.29) is 5.03 Å². The van der Waals surface area contributed by atoms with Gasteiger partial charge < -0.3 is 5.32 Å². The van der Waals surface area contributed by atoms with Crippen LogP contribution in [0.4, 0.5) is 11.5 Å². The molecule has 2 N–H and O–H groups in total. The number of anilines is 2. The van der Waals surface area contributed by atoms with Crippen molar-refractivity contribution in [3.8, 4) is 0 Å². The van der Waals surface area contributed by atoms with Crippen molar-refractivity contribution in [2.45, 2.75) is 31.5 Å². The van der Waals surface area contributed by atoms with E-state index in [0.717, 1.165) is 25.3 Å². The molecule has 1 aliphatic heterocycles. The molecule has 0 unspecified atom stereocenters. The van der Waals surface area contributed by atoms with E-state index in [1.54, 1.807) is 23.9 Å². The number of rotatable bonds is 8. The van der Waals surface area contributed by atoms with Crippen molar-refractivity contribution in [3.63, 3.8) is 0 Å². The fourth-order valence-corrected chi connectivity index (χ4v) is 4.74. The van der Waals surface area contributed by atoms with Crippen molar-refractivity contribution in [3.05, 3.63) is 64.1 Å². The highest BCUT2D eigenvalue weighted by Crippen LogP contribution is 2.21. The first-order chi connectivity index (χ1) is 14.0. The smallest absolute Gasteiger partial charge is 0.280 e. The van der Waals surface area contributed by atoms with Gasteiger partial charge in [-0.15, -0.1) is 11.3 Å². The predicted octanol–water partition coefficient (Wildman–Crippen LogP) is 3.47. The van der Waals surface area contributed by atoms with Gasteiger partial charge in [-0.1, -0.05) is 24.3 Å². The molecule has 3 aromatic rings. The Balaban J connectivity index is 1.45. The van der Waals surface area contributed by atoms with Gasteiger partial charge in [0, 0.05) is 18.5 Å². The van der Waals surface area contributed by atoms with Gasteiger partial charge in [0.05, 0.1) is 16.9 Å². The minimum atomic E-state index is -3.76. The highest BCUT2D eigenvalue weighted by atomic mass is 32.2. The molecular weight excluding hydrogens is 406 g/mol. The van der Waals surface area contributed by atoms with Crippen molar-refractivity contribution in [2.75, 3.05) is 23.1 Å². The van der Waals surface area contributed by atoms with Crippen LogP contribution in [0.5, 0.6) is 0 Å². The lowest BCUT2D eigenvalue weighted by atomic mass is 10.1. The highest BCUT2D eigenvalue weighted by Gasteiger charge is 2.18. The van der Waals surface area contributed by atoms with Gasteiger partial charge in [-0.3, -0.25) is 9.62 Å². The Hall–Kier alpha value is -2.49. The number of aryl methyl sites for hydroxylation is 1. The summed E-state index contributed by atoms with van der Waals surface area (Å²) in [6, 6.07) is 11.7. The summed E-state index contributed by atoms with van der Waals surface area (Å²) in [6.45, 7) is 5.76. The van der Waals surface area contributed by atoms with E-state index in [1.165, 1.54) is 35.0 Å². The average molecular weight is 430 g/mol. The number of nitrogens with one attached hydrogen (secondary N) is 2. The van der Waals surface area contributed by atoms with Crippen molar-refractivity contribution >= 4 is 32.9 Å². The Morgan fingerprint density at radius 3 is 2.59 bits per heavy atom. The molecule has 0 aliphatic carbocycles. The second-order valence-corrected chi connectivity index (χ2v) is 9.36. The molecule has 152 valence electrons. The second-order valence-electron chi connectivity index (χ2n) is 7.01. The Morgan fingerprint density at radius 1 is 1.14 bits per heavy atom. The fourth-order valence-electron chi connectivity index (χ4n) is 3.18. The largest absolute Gasteiger partial charge is 0.379 e. The molecule has 9 heteroatoms. The van der Waals surface area contributed by atoms with Crippen molar-refractivity contribution in [1.82, 2.24) is 14.9 Å². The van der Waals surface area contributed by atoms with Gasteiger partial charge in [0.15, 0.2) is 10.8 Å². The van der Waals surface area contributed by atoms with Crippen LogP contribution in [0, 0.1) is 6.92 Å². The molecule has 0 amide bonds. The van der Waals surface area contributed by atoms with E-state index < -0.39 is 10.0 Å². The third-order valence-corrected chi connectivity index (χ3v) is 6.78. The first-order valence-electron chi connectivity index (χ1n) is 9.43. The van der Waals surface area contributed by atoms with Gasteiger partial charge in [-0.25, -0.2) is 9.97 Å². The second kappa shape index (κ2) is 8.48. The molecule has 2 aromatic heterocycles. The van der Waals surface area contributed by atoms with Gasteiger partial charge in [0.25, 0.3) is 10.0 Å². The first-order valence-corrected chi connectivity index (χ1v) is 11.9. The number of hydrogen-bond donors (Lipinski definition) is 2. The highest BCUT2D eigenvalue weighted by molar-refractivity contribution is 7.92. The van der Waals surface area contributed by atoms with Crippen molar-refractivity contribution in [1.29, 1.82) is 0 Å². The van der Waals surface area contributed by atoms with Crippen LogP contribution in [0.2, 0.25) is 0 Å².